The van der Waals surface area contributed by atoms with Gasteiger partial charge in [0.1, 0.15) is 6.04 Å². The van der Waals surface area contributed by atoms with Crippen LogP contribution in [0.2, 0.25) is 10.0 Å². The molecule has 4 atom stereocenters. The number of amides is 3. The number of hydrazine groups is 1. The van der Waals surface area contributed by atoms with Crippen LogP contribution in [0.5, 0.6) is 0 Å². The Hall–Kier alpha value is -3.19. The lowest BCUT2D eigenvalue weighted by molar-refractivity contribution is -0.176. The van der Waals surface area contributed by atoms with Crippen LogP contribution < -0.4 is 10.6 Å². The van der Waals surface area contributed by atoms with Gasteiger partial charge in [-0.15, -0.1) is 0 Å². The summed E-state index contributed by atoms with van der Waals surface area (Å²) in [6.07, 6.45) is 0.567. The van der Waals surface area contributed by atoms with Gasteiger partial charge in [0.2, 0.25) is 17.7 Å². The summed E-state index contributed by atoms with van der Waals surface area (Å²) in [6, 6.07) is 2.00. The minimum absolute atomic E-state index is 0.160. The van der Waals surface area contributed by atoms with Gasteiger partial charge < -0.3 is 24.9 Å². The van der Waals surface area contributed by atoms with Crippen LogP contribution in [-0.2, 0) is 23.9 Å². The van der Waals surface area contributed by atoms with Gasteiger partial charge in [-0.3, -0.25) is 24.2 Å². The van der Waals surface area contributed by atoms with E-state index in [2.05, 4.69) is 15.6 Å². The zero-order valence-corrected chi connectivity index (χ0v) is 22.9. The van der Waals surface area contributed by atoms with Crippen molar-refractivity contribution >= 4 is 46.9 Å². The molecule has 0 radical (unpaired) electrons. The van der Waals surface area contributed by atoms with E-state index in [0.717, 1.165) is 0 Å². The normalized spacial score (nSPS) is 21.2. The maximum atomic E-state index is 13.5. The summed E-state index contributed by atoms with van der Waals surface area (Å²) in [6.45, 7) is 0.308. The van der Waals surface area contributed by atoms with Crippen molar-refractivity contribution in [2.24, 2.45) is 0 Å². The van der Waals surface area contributed by atoms with Crippen molar-refractivity contribution < 1.29 is 33.4 Å². The van der Waals surface area contributed by atoms with E-state index >= 15 is 0 Å². The third-order valence-corrected chi connectivity index (χ3v) is 7.45. The van der Waals surface area contributed by atoms with Crippen molar-refractivity contribution in [1.82, 2.24) is 25.6 Å². The van der Waals surface area contributed by atoms with Crippen LogP contribution in [0.4, 0.5) is 0 Å². The quantitative estimate of drug-likeness (QED) is 0.396. The van der Waals surface area contributed by atoms with Crippen molar-refractivity contribution in [3.8, 4) is 11.3 Å². The van der Waals surface area contributed by atoms with E-state index < -0.39 is 48.4 Å². The topological polar surface area (TPSA) is 154 Å². The molecule has 2 fully saturated rings. The molecule has 2 aliphatic heterocycles. The van der Waals surface area contributed by atoms with Crippen LogP contribution in [-0.4, -0.2) is 82.6 Å². The maximum Gasteiger partial charge on any atom is 0.307 e. The number of esters is 1. The lowest BCUT2D eigenvalue weighted by atomic mass is 10.0. The number of fused-ring (bicyclic) bond motifs is 1. The first-order valence-corrected chi connectivity index (χ1v) is 13.2. The van der Waals surface area contributed by atoms with Crippen LogP contribution >= 0.6 is 23.2 Å². The number of likely N-dealkylation sites (N-methyl/N-ethyl adjacent to an activating group) is 1. The van der Waals surface area contributed by atoms with Crippen LogP contribution in [0, 0.1) is 0 Å². The number of ether oxygens (including phenoxy) is 1. The SMILES string of the molecule is CNC1CCC(=O)N2CCCC(C(=O)NC(CC(=O)OC)C(O)c3ncc(-c4c(Cl)cccc4Cl)o3)N2C1=O. The monoisotopic (exact) mass is 581 g/mol. The molecule has 2 saturated heterocycles. The summed E-state index contributed by atoms with van der Waals surface area (Å²) in [4.78, 5) is 55.8. The molecule has 39 heavy (non-hydrogen) atoms. The van der Waals surface area contributed by atoms with Crippen LogP contribution in [0.1, 0.15) is 44.1 Å². The molecule has 2 aliphatic rings. The number of rotatable bonds is 8. The number of carbonyl (C=O) groups excluding carboxylic acids is 4. The Labute approximate surface area is 234 Å². The first kappa shape index (κ1) is 28.8. The summed E-state index contributed by atoms with van der Waals surface area (Å²) >= 11 is 12.5. The molecular formula is C25H29Cl2N5O7. The van der Waals surface area contributed by atoms with Crippen LogP contribution in [0.25, 0.3) is 11.3 Å². The van der Waals surface area contributed by atoms with Gasteiger partial charge in [0, 0.05) is 13.0 Å². The van der Waals surface area contributed by atoms with Gasteiger partial charge in [-0.2, -0.15) is 0 Å². The van der Waals surface area contributed by atoms with Crippen molar-refractivity contribution in [2.75, 3.05) is 20.7 Å². The molecule has 210 valence electrons. The van der Waals surface area contributed by atoms with Crippen LogP contribution in [0.3, 0.4) is 0 Å². The summed E-state index contributed by atoms with van der Waals surface area (Å²) in [5.74, 6) is -2.03. The molecule has 1 aromatic carbocycles. The average molecular weight is 582 g/mol. The fourth-order valence-corrected chi connectivity index (χ4v) is 5.35. The van der Waals surface area contributed by atoms with Gasteiger partial charge in [0.05, 0.1) is 47.4 Å². The van der Waals surface area contributed by atoms with E-state index in [-0.39, 0.29) is 30.4 Å². The molecule has 0 aliphatic carbocycles. The summed E-state index contributed by atoms with van der Waals surface area (Å²) in [5.41, 5.74) is 0.367. The number of hydrogen-bond donors (Lipinski definition) is 3. The Morgan fingerprint density at radius 3 is 2.64 bits per heavy atom. The number of hydrogen-bond acceptors (Lipinski definition) is 9. The average Bonchev–Trinajstić information content (AvgIpc) is 3.36. The standard InChI is InChI=1S/C25H29Cl2N5O7/c1-28-15-8-9-19(33)31-10-4-7-17(32(31)25(15)37)23(36)30-16(11-20(34)38-2)22(35)24-29-12-18(39-24)21-13(26)5-3-6-14(21)27/h3,5-6,12,15-17,22,28,35H,4,7-11H2,1-2H3,(H,30,36). The molecule has 14 heteroatoms. The number of aromatic nitrogens is 1. The van der Waals surface area contributed by atoms with E-state index in [4.69, 9.17) is 32.4 Å². The second-order valence-electron chi connectivity index (χ2n) is 9.24. The lowest BCUT2D eigenvalue weighted by Gasteiger charge is -2.43. The molecule has 3 heterocycles. The second kappa shape index (κ2) is 12.3. The highest BCUT2D eigenvalue weighted by molar-refractivity contribution is 6.39. The number of oxazole rings is 1. The maximum absolute atomic E-state index is 13.5. The Balaban J connectivity index is 1.59. The number of carbonyl (C=O) groups is 4. The Morgan fingerprint density at radius 1 is 1.26 bits per heavy atom. The molecule has 0 bridgehead atoms. The Kier molecular flexibility index (Phi) is 9.11. The fraction of sp³-hybridized carbons (Fsp3) is 0.480. The van der Waals surface area contributed by atoms with Gasteiger partial charge in [0.25, 0.3) is 5.91 Å². The molecule has 1 aromatic heterocycles. The first-order valence-electron chi connectivity index (χ1n) is 12.4. The number of aliphatic hydroxyl groups excluding tert-OH is 1. The van der Waals surface area contributed by atoms with Crippen LogP contribution in [0.15, 0.2) is 28.8 Å². The predicted octanol–water partition coefficient (Wildman–Crippen LogP) is 1.85. The van der Waals surface area contributed by atoms with Crippen molar-refractivity contribution in [3.63, 3.8) is 0 Å². The first-order chi connectivity index (χ1) is 18.7. The molecule has 2 aromatic rings. The van der Waals surface area contributed by atoms with E-state index in [9.17, 15) is 24.3 Å². The molecule has 3 N–H and O–H groups in total. The lowest BCUT2D eigenvalue weighted by Crippen LogP contribution is -2.64. The molecule has 0 spiro atoms. The minimum atomic E-state index is -1.57. The molecule has 0 saturated carbocycles. The van der Waals surface area contributed by atoms with E-state index in [0.29, 0.717) is 35.0 Å². The highest BCUT2D eigenvalue weighted by Crippen LogP contribution is 2.36. The zero-order chi connectivity index (χ0) is 28.3. The van der Waals surface area contributed by atoms with Gasteiger partial charge in [-0.1, -0.05) is 29.3 Å². The van der Waals surface area contributed by atoms with E-state index in [1.54, 1.807) is 25.2 Å². The third kappa shape index (κ3) is 6.03. The minimum Gasteiger partial charge on any atom is -0.469 e. The summed E-state index contributed by atoms with van der Waals surface area (Å²) < 4.78 is 10.5. The molecule has 4 unspecified atom stereocenters. The van der Waals surface area contributed by atoms with Gasteiger partial charge in [-0.05, 0) is 38.4 Å². The van der Waals surface area contributed by atoms with Gasteiger partial charge in [0.15, 0.2) is 11.9 Å². The molecule has 3 amide bonds. The number of halogens is 2. The van der Waals surface area contributed by atoms with E-state index in [1.807, 2.05) is 0 Å². The van der Waals surface area contributed by atoms with Gasteiger partial charge in [-0.25, -0.2) is 9.99 Å². The smallest absolute Gasteiger partial charge is 0.307 e. The predicted molar refractivity (Wildman–Crippen MR) is 139 cm³/mol. The fourth-order valence-electron chi connectivity index (χ4n) is 4.77. The Bertz CT molecular complexity index is 1230. The van der Waals surface area contributed by atoms with Gasteiger partial charge >= 0.3 is 5.97 Å². The number of nitrogens with one attached hydrogen (secondary N) is 2. The largest absolute Gasteiger partial charge is 0.469 e. The number of methoxy groups -OCH3 is 1. The molecular weight excluding hydrogens is 553 g/mol. The van der Waals surface area contributed by atoms with Crippen molar-refractivity contribution in [3.05, 3.63) is 40.3 Å². The highest BCUT2D eigenvalue weighted by Gasteiger charge is 2.44. The molecule has 12 nitrogen and oxygen atoms in total. The third-order valence-electron chi connectivity index (χ3n) is 6.82. The number of benzene rings is 1. The Morgan fingerprint density at radius 2 is 1.97 bits per heavy atom. The highest BCUT2D eigenvalue weighted by atomic mass is 35.5. The number of aliphatic hydroxyl groups is 1. The van der Waals surface area contributed by atoms with Crippen molar-refractivity contribution in [2.45, 2.75) is 56.3 Å². The zero-order valence-electron chi connectivity index (χ0n) is 21.4. The summed E-state index contributed by atoms with van der Waals surface area (Å²) in [5, 5.41) is 19.8. The number of nitrogens with zero attached hydrogens (tertiary/aromatic N) is 3. The summed E-state index contributed by atoms with van der Waals surface area (Å²) in [7, 11) is 2.79. The van der Waals surface area contributed by atoms with Crippen molar-refractivity contribution in [1.29, 1.82) is 0 Å². The van der Waals surface area contributed by atoms with E-state index in [1.165, 1.54) is 23.3 Å². The molecule has 4 rings (SSSR count). The second-order valence-corrected chi connectivity index (χ2v) is 10.1.